The van der Waals surface area contributed by atoms with Crippen molar-refractivity contribution in [3.63, 3.8) is 0 Å². The second kappa shape index (κ2) is 7.04. The quantitative estimate of drug-likeness (QED) is 0.867. The van der Waals surface area contributed by atoms with Crippen LogP contribution in [0.3, 0.4) is 0 Å². The zero-order valence-corrected chi connectivity index (χ0v) is 12.8. The van der Waals surface area contributed by atoms with Crippen LogP contribution in [0.15, 0.2) is 35.2 Å². The van der Waals surface area contributed by atoms with Crippen molar-refractivity contribution in [1.29, 1.82) is 0 Å². The van der Waals surface area contributed by atoms with Crippen molar-refractivity contribution in [3.05, 3.63) is 51.4 Å². The van der Waals surface area contributed by atoms with E-state index in [1.807, 2.05) is 17.6 Å². The summed E-state index contributed by atoms with van der Waals surface area (Å²) in [6, 6.07) is 8.63. The summed E-state index contributed by atoms with van der Waals surface area (Å²) in [7, 11) is 0. The van der Waals surface area contributed by atoms with Gasteiger partial charge in [0.1, 0.15) is 0 Å². The third kappa shape index (κ3) is 4.60. The molecule has 1 heterocycles. The summed E-state index contributed by atoms with van der Waals surface area (Å²) >= 11 is 7.61. The Bertz CT molecular complexity index is 479. The van der Waals surface area contributed by atoms with Gasteiger partial charge in [0.25, 0.3) is 0 Å². The number of halogens is 1. The smallest absolute Gasteiger partial charge is 0.0794 e. The Hall–Kier alpha value is -0.900. The first kappa shape index (κ1) is 14.5. The lowest BCUT2D eigenvalue weighted by molar-refractivity contribution is 0.524. The molecule has 19 heavy (non-hydrogen) atoms. The normalized spacial score (nSPS) is 12.8. The molecule has 4 heteroatoms. The van der Waals surface area contributed by atoms with Crippen LogP contribution in [-0.2, 0) is 6.42 Å². The Balaban J connectivity index is 2.11. The summed E-state index contributed by atoms with van der Waals surface area (Å²) in [6.07, 6.45) is 0.963. The first-order valence-electron chi connectivity index (χ1n) is 6.51. The van der Waals surface area contributed by atoms with E-state index in [1.165, 1.54) is 5.56 Å². The molecule has 1 aromatic heterocycles. The first-order chi connectivity index (χ1) is 9.15. The van der Waals surface area contributed by atoms with Gasteiger partial charge in [-0.1, -0.05) is 37.6 Å². The lowest BCUT2D eigenvalue weighted by Gasteiger charge is -2.19. The molecular weight excluding hydrogens is 276 g/mol. The number of hydrogen-bond donors (Lipinski definition) is 1. The minimum atomic E-state index is 0.432. The summed E-state index contributed by atoms with van der Waals surface area (Å²) < 4.78 is 0. The average molecular weight is 295 g/mol. The number of aromatic nitrogens is 1. The summed E-state index contributed by atoms with van der Waals surface area (Å²) in [6.45, 7) is 5.29. The van der Waals surface area contributed by atoms with Crippen LogP contribution in [0, 0.1) is 0 Å². The van der Waals surface area contributed by atoms with Gasteiger partial charge in [-0.15, -0.1) is 11.3 Å². The van der Waals surface area contributed by atoms with E-state index in [0.29, 0.717) is 12.0 Å². The molecule has 0 bridgehead atoms. The highest BCUT2D eigenvalue weighted by Crippen LogP contribution is 2.22. The van der Waals surface area contributed by atoms with Crippen molar-refractivity contribution >= 4 is 22.9 Å². The Morgan fingerprint density at radius 2 is 2.00 bits per heavy atom. The molecule has 0 aliphatic heterocycles. The molecule has 0 aliphatic rings. The molecule has 0 spiro atoms. The molecule has 0 saturated carbocycles. The molecule has 2 aromatic rings. The Morgan fingerprint density at radius 1 is 1.26 bits per heavy atom. The van der Waals surface area contributed by atoms with Gasteiger partial charge in [0, 0.05) is 28.9 Å². The van der Waals surface area contributed by atoms with E-state index in [2.05, 4.69) is 41.7 Å². The molecule has 1 unspecified atom stereocenters. The Labute approximate surface area is 123 Å². The highest BCUT2D eigenvalue weighted by atomic mass is 35.5. The van der Waals surface area contributed by atoms with Crippen LogP contribution in [0.2, 0.25) is 5.02 Å². The van der Waals surface area contributed by atoms with Crippen LogP contribution >= 0.6 is 22.9 Å². The molecule has 0 aliphatic carbocycles. The van der Waals surface area contributed by atoms with Gasteiger partial charge < -0.3 is 5.32 Å². The molecule has 1 N–H and O–H groups in total. The maximum atomic E-state index is 5.96. The van der Waals surface area contributed by atoms with Crippen LogP contribution in [-0.4, -0.2) is 17.6 Å². The second-order valence-corrected chi connectivity index (χ2v) is 6.15. The van der Waals surface area contributed by atoms with Gasteiger partial charge in [0.05, 0.1) is 11.2 Å². The van der Waals surface area contributed by atoms with E-state index in [1.54, 1.807) is 11.3 Å². The van der Waals surface area contributed by atoms with Crippen LogP contribution < -0.4 is 5.32 Å². The standard InChI is InChI=1S/C15H19ClN2S/c1-11(2)17-8-13(7-15-9-19-10-18-15)12-3-5-14(16)6-4-12/h3-6,9-11,13,17H,7-8H2,1-2H3. The lowest BCUT2D eigenvalue weighted by atomic mass is 9.94. The number of hydrogen-bond acceptors (Lipinski definition) is 3. The van der Waals surface area contributed by atoms with Gasteiger partial charge >= 0.3 is 0 Å². The van der Waals surface area contributed by atoms with Crippen molar-refractivity contribution in [2.24, 2.45) is 0 Å². The maximum absolute atomic E-state index is 5.96. The maximum Gasteiger partial charge on any atom is 0.0794 e. The van der Waals surface area contributed by atoms with E-state index >= 15 is 0 Å². The molecule has 0 saturated heterocycles. The number of rotatable bonds is 6. The highest BCUT2D eigenvalue weighted by molar-refractivity contribution is 7.07. The Morgan fingerprint density at radius 3 is 2.58 bits per heavy atom. The molecule has 1 aromatic carbocycles. The molecule has 0 fully saturated rings. The number of nitrogens with zero attached hydrogens (tertiary/aromatic N) is 1. The van der Waals surface area contributed by atoms with Crippen molar-refractivity contribution in [2.75, 3.05) is 6.54 Å². The SMILES string of the molecule is CC(C)NCC(Cc1cscn1)c1ccc(Cl)cc1. The third-order valence-corrected chi connectivity index (χ3v) is 3.94. The molecule has 0 radical (unpaired) electrons. The molecule has 102 valence electrons. The predicted molar refractivity (Wildman–Crippen MR) is 83.1 cm³/mol. The molecule has 2 nitrogen and oxygen atoms in total. The van der Waals surface area contributed by atoms with Gasteiger partial charge in [0.2, 0.25) is 0 Å². The van der Waals surface area contributed by atoms with Gasteiger partial charge in [-0.05, 0) is 24.1 Å². The summed E-state index contributed by atoms with van der Waals surface area (Å²) in [5.41, 5.74) is 4.37. The average Bonchev–Trinajstić information content (AvgIpc) is 2.88. The summed E-state index contributed by atoms with van der Waals surface area (Å²) in [4.78, 5) is 4.39. The van der Waals surface area contributed by atoms with E-state index in [4.69, 9.17) is 11.6 Å². The van der Waals surface area contributed by atoms with Crippen LogP contribution in [0.1, 0.15) is 31.0 Å². The monoisotopic (exact) mass is 294 g/mol. The summed E-state index contributed by atoms with van der Waals surface area (Å²) in [5.74, 6) is 0.432. The minimum absolute atomic E-state index is 0.432. The van der Waals surface area contributed by atoms with Crippen LogP contribution in [0.4, 0.5) is 0 Å². The third-order valence-electron chi connectivity index (χ3n) is 3.05. The van der Waals surface area contributed by atoms with Crippen LogP contribution in [0.25, 0.3) is 0 Å². The van der Waals surface area contributed by atoms with E-state index in [0.717, 1.165) is 23.7 Å². The molecule has 1 atom stereocenters. The van der Waals surface area contributed by atoms with E-state index < -0.39 is 0 Å². The second-order valence-electron chi connectivity index (χ2n) is 5.00. The molecule has 2 rings (SSSR count). The van der Waals surface area contributed by atoms with Gasteiger partial charge in [0.15, 0.2) is 0 Å². The number of nitrogens with one attached hydrogen (secondary N) is 1. The largest absolute Gasteiger partial charge is 0.314 e. The van der Waals surface area contributed by atoms with Gasteiger partial charge in [-0.25, -0.2) is 4.98 Å². The highest BCUT2D eigenvalue weighted by Gasteiger charge is 2.14. The zero-order chi connectivity index (χ0) is 13.7. The first-order valence-corrected chi connectivity index (χ1v) is 7.83. The molecule has 0 amide bonds. The zero-order valence-electron chi connectivity index (χ0n) is 11.3. The Kier molecular flexibility index (Phi) is 5.37. The minimum Gasteiger partial charge on any atom is -0.314 e. The van der Waals surface area contributed by atoms with Crippen molar-refractivity contribution in [2.45, 2.75) is 32.2 Å². The fourth-order valence-electron chi connectivity index (χ4n) is 2.01. The molecular formula is C15H19ClN2S. The fourth-order valence-corrected chi connectivity index (χ4v) is 2.71. The predicted octanol–water partition coefficient (Wildman–Crippen LogP) is 4.12. The number of benzene rings is 1. The van der Waals surface area contributed by atoms with Gasteiger partial charge in [-0.3, -0.25) is 0 Å². The fraction of sp³-hybridized carbons (Fsp3) is 0.400. The lowest BCUT2D eigenvalue weighted by Crippen LogP contribution is -2.29. The van der Waals surface area contributed by atoms with Crippen molar-refractivity contribution in [3.8, 4) is 0 Å². The van der Waals surface area contributed by atoms with Gasteiger partial charge in [-0.2, -0.15) is 0 Å². The van der Waals surface area contributed by atoms with E-state index in [9.17, 15) is 0 Å². The van der Waals surface area contributed by atoms with Crippen molar-refractivity contribution in [1.82, 2.24) is 10.3 Å². The van der Waals surface area contributed by atoms with Crippen molar-refractivity contribution < 1.29 is 0 Å². The van der Waals surface area contributed by atoms with Crippen LogP contribution in [0.5, 0.6) is 0 Å². The number of thiazole rings is 1. The summed E-state index contributed by atoms with van der Waals surface area (Å²) in [5, 5.41) is 6.42. The topological polar surface area (TPSA) is 24.9 Å². The van der Waals surface area contributed by atoms with E-state index in [-0.39, 0.29) is 0 Å².